The summed E-state index contributed by atoms with van der Waals surface area (Å²) in [7, 11) is 0. The summed E-state index contributed by atoms with van der Waals surface area (Å²) in [5, 5.41) is 3.74. The number of ketones is 1. The second-order valence-corrected chi connectivity index (χ2v) is 4.32. The SMILES string of the molecule is CC1=C(Cl)C(=O)[C@H]2CCCC[C@H]2N1. The summed E-state index contributed by atoms with van der Waals surface area (Å²) in [5.74, 6) is 0.299. The smallest absolute Gasteiger partial charge is 0.181 e. The van der Waals surface area contributed by atoms with Gasteiger partial charge in [-0.1, -0.05) is 24.4 Å². The van der Waals surface area contributed by atoms with Gasteiger partial charge in [0.2, 0.25) is 0 Å². The van der Waals surface area contributed by atoms with Crippen molar-refractivity contribution in [2.24, 2.45) is 5.92 Å². The van der Waals surface area contributed by atoms with Crippen molar-refractivity contribution in [2.75, 3.05) is 0 Å². The van der Waals surface area contributed by atoms with Gasteiger partial charge in [-0.3, -0.25) is 4.79 Å². The number of Topliss-reactive ketones (excluding diaryl/α,β-unsaturated/α-hetero) is 1. The van der Waals surface area contributed by atoms with Gasteiger partial charge in [-0.2, -0.15) is 0 Å². The molecule has 2 atom stereocenters. The molecule has 3 heteroatoms. The van der Waals surface area contributed by atoms with Crippen LogP contribution in [-0.2, 0) is 4.79 Å². The maximum Gasteiger partial charge on any atom is 0.181 e. The van der Waals surface area contributed by atoms with Gasteiger partial charge in [-0.25, -0.2) is 0 Å². The number of halogens is 1. The highest BCUT2D eigenvalue weighted by Gasteiger charge is 2.36. The molecule has 72 valence electrons. The van der Waals surface area contributed by atoms with Crippen LogP contribution in [0.3, 0.4) is 0 Å². The summed E-state index contributed by atoms with van der Waals surface area (Å²) >= 11 is 5.91. The lowest BCUT2D eigenvalue weighted by molar-refractivity contribution is -0.120. The first-order chi connectivity index (χ1) is 6.20. The van der Waals surface area contributed by atoms with Gasteiger partial charge in [0, 0.05) is 17.7 Å². The number of hydrogen-bond donors (Lipinski definition) is 1. The van der Waals surface area contributed by atoms with Crippen LogP contribution >= 0.6 is 11.6 Å². The molecule has 2 aliphatic rings. The lowest BCUT2D eigenvalue weighted by Gasteiger charge is -2.35. The number of rotatable bonds is 0. The molecule has 1 saturated carbocycles. The number of nitrogens with one attached hydrogen (secondary N) is 1. The highest BCUT2D eigenvalue weighted by molar-refractivity contribution is 6.43. The Morgan fingerprint density at radius 3 is 2.85 bits per heavy atom. The number of allylic oxidation sites excluding steroid dienone is 2. The van der Waals surface area contributed by atoms with Crippen molar-refractivity contribution < 1.29 is 4.79 Å². The van der Waals surface area contributed by atoms with Crippen molar-refractivity contribution in [3.63, 3.8) is 0 Å². The van der Waals surface area contributed by atoms with Gasteiger partial charge >= 0.3 is 0 Å². The minimum atomic E-state index is 0.143. The van der Waals surface area contributed by atoms with Gasteiger partial charge in [-0.15, -0.1) is 0 Å². The zero-order valence-electron chi connectivity index (χ0n) is 7.77. The molecule has 0 bridgehead atoms. The lowest BCUT2D eigenvalue weighted by atomic mass is 9.79. The minimum absolute atomic E-state index is 0.143. The maximum absolute atomic E-state index is 11.7. The molecule has 0 unspecified atom stereocenters. The van der Waals surface area contributed by atoms with E-state index >= 15 is 0 Å². The predicted molar refractivity (Wildman–Crippen MR) is 52.4 cm³/mol. The topological polar surface area (TPSA) is 29.1 Å². The van der Waals surface area contributed by atoms with Gasteiger partial charge in [0.1, 0.15) is 5.03 Å². The van der Waals surface area contributed by atoms with Crippen LogP contribution in [0.1, 0.15) is 32.6 Å². The average Bonchev–Trinajstić information content (AvgIpc) is 2.15. The maximum atomic E-state index is 11.7. The van der Waals surface area contributed by atoms with Crippen LogP contribution in [0.5, 0.6) is 0 Å². The first-order valence-electron chi connectivity index (χ1n) is 4.87. The summed E-state index contributed by atoms with van der Waals surface area (Å²) in [6.07, 6.45) is 4.50. The molecule has 0 saturated heterocycles. The van der Waals surface area contributed by atoms with E-state index in [0.29, 0.717) is 11.1 Å². The van der Waals surface area contributed by atoms with E-state index in [1.807, 2.05) is 6.92 Å². The molecular formula is C10H14ClNO. The van der Waals surface area contributed by atoms with Crippen molar-refractivity contribution in [3.8, 4) is 0 Å². The molecule has 1 N–H and O–H groups in total. The largest absolute Gasteiger partial charge is 0.384 e. The Hall–Kier alpha value is -0.500. The van der Waals surface area contributed by atoms with Crippen molar-refractivity contribution >= 4 is 17.4 Å². The first kappa shape index (κ1) is 9.07. The van der Waals surface area contributed by atoms with E-state index in [4.69, 9.17) is 11.6 Å². The Labute approximate surface area is 83.3 Å². The van der Waals surface area contributed by atoms with E-state index in [1.54, 1.807) is 0 Å². The summed E-state index contributed by atoms with van der Waals surface area (Å²) < 4.78 is 0. The van der Waals surface area contributed by atoms with Crippen molar-refractivity contribution in [1.29, 1.82) is 0 Å². The van der Waals surface area contributed by atoms with Crippen LogP contribution in [0.4, 0.5) is 0 Å². The highest BCUT2D eigenvalue weighted by Crippen LogP contribution is 2.32. The van der Waals surface area contributed by atoms with E-state index in [2.05, 4.69) is 5.32 Å². The standard InChI is InChI=1S/C10H14ClNO/c1-6-9(11)10(13)7-4-2-3-5-8(7)12-6/h7-8,12H,2-5H2,1H3/t7-,8+/m0/s1. The van der Waals surface area contributed by atoms with Crippen molar-refractivity contribution in [1.82, 2.24) is 5.32 Å². The molecule has 2 nitrogen and oxygen atoms in total. The zero-order valence-corrected chi connectivity index (χ0v) is 8.53. The van der Waals surface area contributed by atoms with Crippen molar-refractivity contribution in [2.45, 2.75) is 38.6 Å². The summed E-state index contributed by atoms with van der Waals surface area (Å²) in [5.41, 5.74) is 0.856. The fraction of sp³-hybridized carbons (Fsp3) is 0.700. The quantitative estimate of drug-likeness (QED) is 0.648. The first-order valence-corrected chi connectivity index (χ1v) is 5.25. The third kappa shape index (κ3) is 1.48. The number of carbonyl (C=O) groups excluding carboxylic acids is 1. The molecule has 0 aromatic heterocycles. The van der Waals surface area contributed by atoms with Crippen LogP contribution in [0.2, 0.25) is 0 Å². The number of hydrogen-bond acceptors (Lipinski definition) is 2. The van der Waals surface area contributed by atoms with Crippen molar-refractivity contribution in [3.05, 3.63) is 10.7 Å². The molecule has 1 aliphatic heterocycles. The molecule has 1 fully saturated rings. The highest BCUT2D eigenvalue weighted by atomic mass is 35.5. The van der Waals surface area contributed by atoms with Gasteiger partial charge in [0.15, 0.2) is 5.78 Å². The molecule has 0 spiro atoms. The van der Waals surface area contributed by atoms with E-state index < -0.39 is 0 Å². The van der Waals surface area contributed by atoms with Crippen LogP contribution in [-0.4, -0.2) is 11.8 Å². The van der Waals surface area contributed by atoms with Crippen LogP contribution in [0.15, 0.2) is 10.7 Å². The molecule has 13 heavy (non-hydrogen) atoms. The minimum Gasteiger partial charge on any atom is -0.384 e. The molecule has 0 radical (unpaired) electrons. The molecule has 2 rings (SSSR count). The van der Waals surface area contributed by atoms with Crippen LogP contribution < -0.4 is 5.32 Å². The van der Waals surface area contributed by atoms with Crippen LogP contribution in [0, 0.1) is 5.92 Å². The zero-order chi connectivity index (χ0) is 9.42. The Morgan fingerprint density at radius 2 is 2.08 bits per heavy atom. The summed E-state index contributed by atoms with van der Waals surface area (Å²) in [6, 6.07) is 0.351. The second-order valence-electron chi connectivity index (χ2n) is 3.95. The molecule has 0 aromatic carbocycles. The number of carbonyl (C=O) groups is 1. The number of fused-ring (bicyclic) bond motifs is 1. The summed E-state index contributed by atoms with van der Waals surface area (Å²) in [6.45, 7) is 1.88. The third-order valence-corrected chi connectivity index (χ3v) is 3.52. The fourth-order valence-corrected chi connectivity index (χ4v) is 2.50. The Bertz CT molecular complexity index is 272. The average molecular weight is 200 g/mol. The molecular weight excluding hydrogens is 186 g/mol. The predicted octanol–water partition coefficient (Wildman–Crippen LogP) is 2.19. The second kappa shape index (κ2) is 3.33. The Kier molecular flexibility index (Phi) is 2.33. The van der Waals surface area contributed by atoms with E-state index in [1.165, 1.54) is 6.42 Å². The van der Waals surface area contributed by atoms with E-state index in [9.17, 15) is 4.79 Å². The van der Waals surface area contributed by atoms with Gasteiger partial charge in [0.25, 0.3) is 0 Å². The van der Waals surface area contributed by atoms with E-state index in [-0.39, 0.29) is 11.7 Å². The molecule has 0 amide bonds. The van der Waals surface area contributed by atoms with Gasteiger partial charge in [0.05, 0.1) is 0 Å². The molecule has 1 aliphatic carbocycles. The molecule has 1 heterocycles. The van der Waals surface area contributed by atoms with Gasteiger partial charge in [-0.05, 0) is 19.8 Å². The normalized spacial score (nSPS) is 34.2. The Morgan fingerprint density at radius 1 is 1.38 bits per heavy atom. The Balaban J connectivity index is 2.26. The van der Waals surface area contributed by atoms with Crippen LogP contribution in [0.25, 0.3) is 0 Å². The van der Waals surface area contributed by atoms with Gasteiger partial charge < -0.3 is 5.32 Å². The molecule has 0 aromatic rings. The fourth-order valence-electron chi connectivity index (χ4n) is 2.31. The summed E-state index contributed by atoms with van der Waals surface area (Å²) in [4.78, 5) is 11.7. The monoisotopic (exact) mass is 199 g/mol. The lowest BCUT2D eigenvalue weighted by Crippen LogP contribution is -2.45. The third-order valence-electron chi connectivity index (χ3n) is 3.05. The van der Waals surface area contributed by atoms with E-state index in [0.717, 1.165) is 25.0 Å².